The normalized spacial score (nSPS) is 17.5. The third kappa shape index (κ3) is 1.93. The van der Waals surface area contributed by atoms with E-state index in [-0.39, 0.29) is 5.70 Å². The molecule has 0 aromatic carbocycles. The average molecular weight is 204 g/mol. The van der Waals surface area contributed by atoms with E-state index in [4.69, 9.17) is 9.57 Å². The van der Waals surface area contributed by atoms with Gasteiger partial charge in [-0.1, -0.05) is 24.3 Å². The molecule has 78 valence electrons. The third-order valence-corrected chi connectivity index (χ3v) is 1.94. The number of allylic oxidation sites excluding steroid dienone is 6. The molecule has 0 atom stereocenters. The first-order valence-electron chi connectivity index (χ1n) is 4.67. The molecular weight excluding hydrogens is 194 g/mol. The minimum atomic E-state index is -0.459. The summed E-state index contributed by atoms with van der Waals surface area (Å²) in [7, 11) is 0. The molecule has 1 aliphatic heterocycles. The zero-order chi connectivity index (χ0) is 10.7. The van der Waals surface area contributed by atoms with Gasteiger partial charge in [0.1, 0.15) is 5.76 Å². The molecule has 0 saturated carbocycles. The summed E-state index contributed by atoms with van der Waals surface area (Å²) in [5, 5.41) is 0. The molecule has 0 amide bonds. The molecule has 0 bridgehead atoms. The average Bonchev–Trinajstić information content (AvgIpc) is 2.89. The second-order valence-electron chi connectivity index (χ2n) is 2.97. The molecule has 2 rings (SSSR count). The van der Waals surface area contributed by atoms with Gasteiger partial charge in [-0.05, 0) is 18.7 Å². The van der Waals surface area contributed by atoms with E-state index in [2.05, 4.69) is 5.48 Å². The molecule has 1 heterocycles. The Hall–Kier alpha value is -1.97. The molecule has 2 aliphatic rings. The summed E-state index contributed by atoms with van der Waals surface area (Å²) in [4.78, 5) is 16.3. The van der Waals surface area contributed by atoms with E-state index in [0.29, 0.717) is 12.4 Å². The summed E-state index contributed by atoms with van der Waals surface area (Å²) in [5.41, 5.74) is 4.74. The van der Waals surface area contributed by atoms with Crippen molar-refractivity contribution in [2.45, 2.75) is 6.92 Å². The van der Waals surface area contributed by atoms with Crippen LogP contribution in [0.3, 0.4) is 0 Å². The van der Waals surface area contributed by atoms with Gasteiger partial charge >= 0.3 is 5.97 Å². The van der Waals surface area contributed by atoms with Crippen LogP contribution in [0.15, 0.2) is 47.4 Å². The summed E-state index contributed by atoms with van der Waals surface area (Å²) in [6.07, 6.45) is 9.13. The van der Waals surface area contributed by atoms with E-state index in [9.17, 15) is 4.79 Å². The molecule has 0 saturated heterocycles. The van der Waals surface area contributed by atoms with E-state index in [1.807, 2.05) is 24.3 Å². The smallest absolute Gasteiger partial charge is 0.318 e. The molecule has 4 nitrogen and oxygen atoms in total. The van der Waals surface area contributed by atoms with Crippen LogP contribution in [0, 0.1) is 0 Å². The van der Waals surface area contributed by atoms with Crippen molar-refractivity contribution in [3.8, 4) is 0 Å². The lowest BCUT2D eigenvalue weighted by Gasteiger charge is -2.16. The van der Waals surface area contributed by atoms with E-state index in [0.717, 1.165) is 5.57 Å². The molecule has 0 fully saturated rings. The van der Waals surface area contributed by atoms with Crippen LogP contribution in [0.4, 0.5) is 0 Å². The monoisotopic (exact) mass is 204 g/mol. The highest BCUT2D eigenvalue weighted by molar-refractivity contribution is 5.92. The van der Waals surface area contributed by atoms with Crippen LogP contribution in [0.25, 0.3) is 5.48 Å². The van der Waals surface area contributed by atoms with Crippen molar-refractivity contribution in [3.05, 3.63) is 52.9 Å². The van der Waals surface area contributed by atoms with Crippen molar-refractivity contribution in [1.82, 2.24) is 0 Å². The van der Waals surface area contributed by atoms with E-state index in [1.165, 1.54) is 0 Å². The number of nitrogens with zero attached hydrogens (tertiary/aromatic N) is 1. The molecule has 15 heavy (non-hydrogen) atoms. The van der Waals surface area contributed by atoms with Gasteiger partial charge in [0.05, 0.1) is 6.61 Å². The summed E-state index contributed by atoms with van der Waals surface area (Å²) >= 11 is 0. The first-order chi connectivity index (χ1) is 7.31. The van der Waals surface area contributed by atoms with Crippen LogP contribution in [-0.4, -0.2) is 12.6 Å². The Balaban J connectivity index is 2.15. The van der Waals surface area contributed by atoms with Gasteiger partial charge in [-0.25, -0.2) is 4.79 Å². The number of carbonyl (C=O) groups is 1. The van der Waals surface area contributed by atoms with Crippen molar-refractivity contribution in [1.29, 1.82) is 0 Å². The highest BCUT2D eigenvalue weighted by atomic mass is 16.7. The Morgan fingerprint density at radius 3 is 2.87 bits per heavy atom. The van der Waals surface area contributed by atoms with E-state index < -0.39 is 5.97 Å². The van der Waals surface area contributed by atoms with Gasteiger partial charge in [0, 0.05) is 5.57 Å². The fourth-order valence-electron chi connectivity index (χ4n) is 1.25. The predicted molar refractivity (Wildman–Crippen MR) is 54.5 cm³/mol. The van der Waals surface area contributed by atoms with Crippen LogP contribution in [0.5, 0.6) is 0 Å². The topological polar surface area (TPSA) is 49.6 Å². The van der Waals surface area contributed by atoms with Gasteiger partial charge in [0.25, 0.3) is 0 Å². The number of ether oxygens (including phenoxy) is 1. The molecule has 0 N–H and O–H groups in total. The van der Waals surface area contributed by atoms with E-state index in [1.54, 1.807) is 13.0 Å². The highest BCUT2D eigenvalue weighted by Crippen LogP contribution is 2.28. The Morgan fingerprint density at radius 2 is 2.20 bits per heavy atom. The molecule has 0 radical (unpaired) electrons. The molecule has 0 unspecified atom stereocenters. The van der Waals surface area contributed by atoms with Gasteiger partial charge in [-0.3, -0.25) is 0 Å². The Bertz CT molecular complexity index is 388. The Kier molecular flexibility index (Phi) is 2.58. The van der Waals surface area contributed by atoms with Gasteiger partial charge in [-0.15, -0.1) is 0 Å². The van der Waals surface area contributed by atoms with Crippen molar-refractivity contribution in [3.63, 3.8) is 0 Å². The molecule has 1 aliphatic carbocycles. The lowest BCUT2D eigenvalue weighted by atomic mass is 10.2. The zero-order valence-corrected chi connectivity index (χ0v) is 8.27. The molecule has 0 aromatic heterocycles. The van der Waals surface area contributed by atoms with E-state index >= 15 is 0 Å². The van der Waals surface area contributed by atoms with Crippen LogP contribution in [0.2, 0.25) is 0 Å². The second kappa shape index (κ2) is 4.04. The quantitative estimate of drug-likeness (QED) is 0.647. The fourth-order valence-corrected chi connectivity index (χ4v) is 1.25. The zero-order valence-electron chi connectivity index (χ0n) is 8.27. The summed E-state index contributed by atoms with van der Waals surface area (Å²) in [6.45, 7) is 2.08. The number of carbonyl (C=O) groups excluding carboxylic acids is 1. The van der Waals surface area contributed by atoms with Gasteiger partial charge in [-0.2, -0.15) is 0 Å². The van der Waals surface area contributed by atoms with Gasteiger partial charge in [0.15, 0.2) is 0 Å². The summed E-state index contributed by atoms with van der Waals surface area (Å²) in [6, 6.07) is 0. The minimum Gasteiger partial charge on any atom is -0.556 e. The van der Waals surface area contributed by atoms with Crippen molar-refractivity contribution < 1.29 is 14.4 Å². The standard InChI is InChI=1S/C11H10NO3/c1-2-14-11(13)9-7-10(15-12-9)8-5-3-4-6-8/h3-7H,2H2,1H3/q-1. The Labute approximate surface area is 87.5 Å². The van der Waals surface area contributed by atoms with Crippen LogP contribution in [0.1, 0.15) is 6.92 Å². The van der Waals surface area contributed by atoms with Crippen LogP contribution >= 0.6 is 0 Å². The van der Waals surface area contributed by atoms with Gasteiger partial charge < -0.3 is 15.1 Å². The first kappa shape index (κ1) is 9.58. The number of esters is 1. The second-order valence-corrected chi connectivity index (χ2v) is 2.97. The number of hydrogen-bond acceptors (Lipinski definition) is 3. The highest BCUT2D eigenvalue weighted by Gasteiger charge is 2.11. The summed E-state index contributed by atoms with van der Waals surface area (Å²) in [5.74, 6) is 0.113. The Morgan fingerprint density at radius 1 is 1.47 bits per heavy atom. The van der Waals surface area contributed by atoms with Crippen molar-refractivity contribution in [2.75, 3.05) is 6.61 Å². The molecule has 0 aromatic rings. The molecular formula is C11H10NO3-. The predicted octanol–water partition coefficient (Wildman–Crippen LogP) is 2.13. The third-order valence-electron chi connectivity index (χ3n) is 1.94. The van der Waals surface area contributed by atoms with Crippen molar-refractivity contribution in [2.24, 2.45) is 0 Å². The summed E-state index contributed by atoms with van der Waals surface area (Å²) < 4.78 is 4.80. The molecule has 0 spiro atoms. The SMILES string of the molecule is CCOC(=O)C1=CC(=C2C=CC=C2)O[N-]1. The fraction of sp³-hybridized carbons (Fsp3) is 0.182. The largest absolute Gasteiger partial charge is 0.556 e. The minimum absolute atomic E-state index is 0.202. The van der Waals surface area contributed by atoms with Crippen LogP contribution in [-0.2, 0) is 14.4 Å². The van der Waals surface area contributed by atoms with Crippen LogP contribution < -0.4 is 0 Å². The molecule has 4 heteroatoms. The first-order valence-corrected chi connectivity index (χ1v) is 4.67. The van der Waals surface area contributed by atoms with Gasteiger partial charge in [0.2, 0.25) is 0 Å². The number of rotatable bonds is 2. The maximum Gasteiger partial charge on any atom is 0.318 e. The van der Waals surface area contributed by atoms with Crippen molar-refractivity contribution >= 4 is 5.97 Å². The lowest BCUT2D eigenvalue weighted by molar-refractivity contribution is -0.138. The number of hydroxylamine groups is 1. The maximum absolute atomic E-state index is 11.3. The number of hydrogen-bond donors (Lipinski definition) is 0. The lowest BCUT2D eigenvalue weighted by Crippen LogP contribution is -2.04. The maximum atomic E-state index is 11.3.